The van der Waals surface area contributed by atoms with Gasteiger partial charge in [-0.25, -0.2) is 4.98 Å². The molecule has 2 aromatic rings. The standard InChI is InChI=1S/C16H17N5O3S/c1-20-6-2-3-12(20)7-13-15(23)21(16(24)25-13)9-14(22)18-5-4-11-8-17-10-19-11/h2-3,6-8,10H,4-5,9H2,1H3,(H,17,19)(H,18,22). The number of nitrogens with zero attached hydrogens (tertiary/aromatic N) is 3. The van der Waals surface area contributed by atoms with Crippen molar-refractivity contribution in [3.05, 3.63) is 47.1 Å². The molecule has 0 bridgehead atoms. The number of carbonyl (C=O) groups excluding carboxylic acids is 3. The van der Waals surface area contributed by atoms with Gasteiger partial charge < -0.3 is 14.9 Å². The van der Waals surface area contributed by atoms with E-state index in [-0.39, 0.29) is 12.5 Å². The Balaban J connectivity index is 1.56. The number of imide groups is 1. The summed E-state index contributed by atoms with van der Waals surface area (Å²) in [7, 11) is 1.85. The number of aryl methyl sites for hydroxylation is 1. The molecule has 25 heavy (non-hydrogen) atoms. The molecular weight excluding hydrogens is 342 g/mol. The zero-order valence-corrected chi connectivity index (χ0v) is 14.4. The highest BCUT2D eigenvalue weighted by molar-refractivity contribution is 8.18. The van der Waals surface area contributed by atoms with Crippen LogP contribution in [0.15, 0.2) is 35.8 Å². The van der Waals surface area contributed by atoms with E-state index in [1.807, 2.05) is 29.9 Å². The molecule has 0 aliphatic carbocycles. The number of amides is 3. The fourth-order valence-corrected chi connectivity index (χ4v) is 3.18. The van der Waals surface area contributed by atoms with Crippen LogP contribution >= 0.6 is 11.8 Å². The summed E-state index contributed by atoms with van der Waals surface area (Å²) in [4.78, 5) is 44.5. The minimum atomic E-state index is -0.445. The van der Waals surface area contributed by atoms with Gasteiger partial charge in [-0.3, -0.25) is 19.3 Å². The highest BCUT2D eigenvalue weighted by Crippen LogP contribution is 2.31. The summed E-state index contributed by atoms with van der Waals surface area (Å²) >= 11 is 0.845. The fraction of sp³-hybridized carbons (Fsp3) is 0.250. The summed E-state index contributed by atoms with van der Waals surface area (Å²) in [5, 5.41) is 2.26. The van der Waals surface area contributed by atoms with Crippen molar-refractivity contribution in [2.45, 2.75) is 6.42 Å². The first-order chi connectivity index (χ1) is 12.0. The molecule has 0 spiro atoms. The van der Waals surface area contributed by atoms with Gasteiger partial charge in [0.2, 0.25) is 5.91 Å². The quantitative estimate of drug-likeness (QED) is 0.754. The summed E-state index contributed by atoms with van der Waals surface area (Å²) < 4.78 is 1.84. The van der Waals surface area contributed by atoms with Crippen LogP contribution in [-0.4, -0.2) is 49.6 Å². The maximum absolute atomic E-state index is 12.4. The number of aromatic amines is 1. The third-order valence-corrected chi connectivity index (χ3v) is 4.62. The largest absolute Gasteiger partial charge is 0.354 e. The van der Waals surface area contributed by atoms with Crippen LogP contribution in [0.1, 0.15) is 11.4 Å². The molecule has 8 nitrogen and oxygen atoms in total. The first kappa shape index (κ1) is 17.0. The lowest BCUT2D eigenvalue weighted by Crippen LogP contribution is -2.40. The van der Waals surface area contributed by atoms with Crippen LogP contribution < -0.4 is 5.32 Å². The Labute approximate surface area is 148 Å². The summed E-state index contributed by atoms with van der Waals surface area (Å²) in [6.45, 7) is 0.120. The number of H-pyrrole nitrogens is 1. The van der Waals surface area contributed by atoms with Gasteiger partial charge in [0.05, 0.1) is 11.2 Å². The van der Waals surface area contributed by atoms with Crippen molar-refractivity contribution < 1.29 is 14.4 Å². The first-order valence-electron chi connectivity index (χ1n) is 7.65. The van der Waals surface area contributed by atoms with E-state index in [0.29, 0.717) is 17.9 Å². The van der Waals surface area contributed by atoms with Crippen LogP contribution in [0.5, 0.6) is 0 Å². The van der Waals surface area contributed by atoms with E-state index in [9.17, 15) is 14.4 Å². The molecule has 3 rings (SSSR count). The summed E-state index contributed by atoms with van der Waals surface area (Å²) in [5.74, 6) is -0.818. The average molecular weight is 359 g/mol. The number of hydrogen-bond acceptors (Lipinski definition) is 5. The van der Waals surface area contributed by atoms with E-state index in [0.717, 1.165) is 28.0 Å². The van der Waals surface area contributed by atoms with Gasteiger partial charge >= 0.3 is 0 Å². The molecule has 0 atom stereocenters. The molecule has 1 aliphatic rings. The van der Waals surface area contributed by atoms with Crippen LogP contribution in [-0.2, 0) is 23.1 Å². The van der Waals surface area contributed by atoms with E-state index in [4.69, 9.17) is 0 Å². The lowest BCUT2D eigenvalue weighted by atomic mass is 10.3. The highest BCUT2D eigenvalue weighted by atomic mass is 32.2. The molecule has 9 heteroatoms. The zero-order valence-electron chi connectivity index (χ0n) is 13.6. The number of carbonyl (C=O) groups is 3. The van der Waals surface area contributed by atoms with Crippen LogP contribution in [0.25, 0.3) is 6.08 Å². The van der Waals surface area contributed by atoms with Crippen LogP contribution in [0.2, 0.25) is 0 Å². The van der Waals surface area contributed by atoms with Crippen LogP contribution in [0.3, 0.4) is 0 Å². The van der Waals surface area contributed by atoms with Crippen molar-refractivity contribution in [2.24, 2.45) is 7.05 Å². The SMILES string of the molecule is Cn1cccc1C=C1SC(=O)N(CC(=O)NCCc2cnc[nH]2)C1=O. The monoisotopic (exact) mass is 359 g/mol. The summed E-state index contributed by atoms with van der Waals surface area (Å²) in [6.07, 6.45) is 7.35. The second-order valence-corrected chi connectivity index (χ2v) is 6.48. The number of aromatic nitrogens is 3. The molecule has 130 valence electrons. The van der Waals surface area contributed by atoms with Crippen molar-refractivity contribution in [1.29, 1.82) is 0 Å². The molecule has 1 saturated heterocycles. The third kappa shape index (κ3) is 4.00. The van der Waals surface area contributed by atoms with Gasteiger partial charge in [-0.1, -0.05) is 0 Å². The highest BCUT2D eigenvalue weighted by Gasteiger charge is 2.36. The first-order valence-corrected chi connectivity index (χ1v) is 8.47. The molecular formula is C16H17N5O3S. The van der Waals surface area contributed by atoms with E-state index < -0.39 is 11.1 Å². The van der Waals surface area contributed by atoms with E-state index in [2.05, 4.69) is 15.3 Å². The number of hydrogen-bond donors (Lipinski definition) is 2. The van der Waals surface area contributed by atoms with Crippen molar-refractivity contribution in [2.75, 3.05) is 13.1 Å². The number of imidazole rings is 1. The Morgan fingerprint density at radius 3 is 2.96 bits per heavy atom. The minimum Gasteiger partial charge on any atom is -0.354 e. The molecule has 3 amide bonds. The Bertz CT molecular complexity index is 825. The molecule has 0 saturated carbocycles. The topological polar surface area (TPSA) is 100 Å². The predicted molar refractivity (Wildman–Crippen MR) is 93.4 cm³/mol. The van der Waals surface area contributed by atoms with E-state index in [1.165, 1.54) is 0 Å². The molecule has 1 aliphatic heterocycles. The van der Waals surface area contributed by atoms with Gasteiger partial charge in [-0.15, -0.1) is 0 Å². The Kier molecular flexibility index (Phi) is 5.03. The van der Waals surface area contributed by atoms with E-state index >= 15 is 0 Å². The van der Waals surface area contributed by atoms with Gasteiger partial charge in [-0.2, -0.15) is 0 Å². The van der Waals surface area contributed by atoms with Crippen molar-refractivity contribution in [3.8, 4) is 0 Å². The molecule has 1 fully saturated rings. The molecule has 3 heterocycles. The van der Waals surface area contributed by atoms with Crippen molar-refractivity contribution >= 4 is 34.9 Å². The maximum atomic E-state index is 12.4. The second kappa shape index (κ2) is 7.39. The number of nitrogens with one attached hydrogen (secondary N) is 2. The van der Waals surface area contributed by atoms with Gasteiger partial charge in [0.25, 0.3) is 11.1 Å². The zero-order chi connectivity index (χ0) is 17.8. The van der Waals surface area contributed by atoms with Gasteiger partial charge in [0.1, 0.15) is 6.54 Å². The molecule has 0 unspecified atom stereocenters. The molecule has 0 aromatic carbocycles. The van der Waals surface area contributed by atoms with Crippen molar-refractivity contribution in [3.63, 3.8) is 0 Å². The van der Waals surface area contributed by atoms with Gasteiger partial charge in [-0.05, 0) is 30.0 Å². The normalized spacial score (nSPS) is 16.0. The summed E-state index contributed by atoms with van der Waals surface area (Å²) in [6, 6.07) is 3.69. The van der Waals surface area contributed by atoms with Crippen LogP contribution in [0.4, 0.5) is 4.79 Å². The summed E-state index contributed by atoms with van der Waals surface area (Å²) in [5.41, 5.74) is 1.71. The molecule has 2 aromatic heterocycles. The second-order valence-electron chi connectivity index (χ2n) is 5.49. The maximum Gasteiger partial charge on any atom is 0.294 e. The lowest BCUT2D eigenvalue weighted by molar-refractivity contribution is -0.129. The predicted octanol–water partition coefficient (Wildman–Crippen LogP) is 1.14. The average Bonchev–Trinajstić information content (AvgIpc) is 3.28. The van der Waals surface area contributed by atoms with E-state index in [1.54, 1.807) is 18.6 Å². The lowest BCUT2D eigenvalue weighted by Gasteiger charge is -2.12. The third-order valence-electron chi connectivity index (χ3n) is 3.71. The minimum absolute atomic E-state index is 0.280. The number of rotatable bonds is 6. The van der Waals surface area contributed by atoms with Crippen LogP contribution in [0, 0.1) is 0 Å². The Morgan fingerprint density at radius 2 is 2.28 bits per heavy atom. The molecule has 0 radical (unpaired) electrons. The fourth-order valence-electron chi connectivity index (χ4n) is 2.35. The smallest absolute Gasteiger partial charge is 0.294 e. The number of thioether (sulfide) groups is 1. The van der Waals surface area contributed by atoms with Crippen molar-refractivity contribution in [1.82, 2.24) is 24.8 Å². The van der Waals surface area contributed by atoms with Gasteiger partial charge in [0.15, 0.2) is 0 Å². The Hall–Kier alpha value is -2.81. The molecule has 2 N–H and O–H groups in total. The van der Waals surface area contributed by atoms with Gasteiger partial charge in [0, 0.05) is 43.8 Å². The Morgan fingerprint density at radius 1 is 1.44 bits per heavy atom.